The van der Waals surface area contributed by atoms with E-state index < -0.39 is 11.8 Å². The Kier molecular flexibility index (Phi) is 10.8. The standard InChI is InChI=1S/C23H32N6O3S/c1-4-29-21(14-17(16-25)22(30)27-11-9-24)33-20(23(29)31)8-10-26-18-6-5-7-19(15-18)32-13-12-28(2)3/h5-7,15,17,20-21,26H,4,8,10-14H2,1-3H3,(H,27,30). The van der Waals surface area contributed by atoms with Crippen LogP contribution in [0.5, 0.6) is 5.75 Å². The molecule has 9 nitrogen and oxygen atoms in total. The molecule has 0 bridgehead atoms. The van der Waals surface area contributed by atoms with E-state index in [4.69, 9.17) is 10.00 Å². The maximum Gasteiger partial charge on any atom is 0.238 e. The second-order valence-corrected chi connectivity index (χ2v) is 9.28. The number of nitrogens with zero attached hydrogens (tertiary/aromatic N) is 4. The largest absolute Gasteiger partial charge is 0.492 e. The third-order valence-electron chi connectivity index (χ3n) is 5.20. The van der Waals surface area contributed by atoms with Crippen molar-refractivity contribution in [2.45, 2.75) is 30.4 Å². The lowest BCUT2D eigenvalue weighted by Gasteiger charge is -2.23. The number of rotatable bonds is 13. The van der Waals surface area contributed by atoms with Gasteiger partial charge in [-0.2, -0.15) is 10.5 Å². The summed E-state index contributed by atoms with van der Waals surface area (Å²) in [5.74, 6) is -0.544. The quantitative estimate of drug-likeness (QED) is 0.418. The molecule has 1 fully saturated rings. The van der Waals surface area contributed by atoms with Gasteiger partial charge in [-0.05, 0) is 39.6 Å². The van der Waals surface area contributed by atoms with E-state index >= 15 is 0 Å². The van der Waals surface area contributed by atoms with E-state index in [2.05, 4.69) is 15.5 Å². The molecule has 2 rings (SSSR count). The zero-order chi connectivity index (χ0) is 24.2. The molecule has 2 amide bonds. The van der Waals surface area contributed by atoms with Gasteiger partial charge in [-0.15, -0.1) is 11.8 Å². The molecule has 3 unspecified atom stereocenters. The third-order valence-corrected chi connectivity index (χ3v) is 6.72. The fraction of sp³-hybridized carbons (Fsp3) is 0.565. The summed E-state index contributed by atoms with van der Waals surface area (Å²) >= 11 is 1.50. The minimum atomic E-state index is -0.898. The van der Waals surface area contributed by atoms with Crippen LogP contribution in [0.3, 0.4) is 0 Å². The first-order chi connectivity index (χ1) is 15.9. The Balaban J connectivity index is 1.88. The summed E-state index contributed by atoms with van der Waals surface area (Å²) in [6, 6.07) is 11.6. The molecule has 1 aliphatic rings. The van der Waals surface area contributed by atoms with E-state index in [1.54, 1.807) is 4.90 Å². The van der Waals surface area contributed by atoms with E-state index in [0.29, 0.717) is 26.1 Å². The molecule has 1 aromatic rings. The fourth-order valence-electron chi connectivity index (χ4n) is 3.44. The van der Waals surface area contributed by atoms with Crippen molar-refractivity contribution in [2.24, 2.45) is 5.92 Å². The normalized spacial score (nSPS) is 18.5. The van der Waals surface area contributed by atoms with Crippen molar-refractivity contribution in [3.63, 3.8) is 0 Å². The number of benzene rings is 1. The lowest BCUT2D eigenvalue weighted by molar-refractivity contribution is -0.131. The first kappa shape index (κ1) is 26.3. The molecule has 1 aromatic carbocycles. The summed E-state index contributed by atoms with van der Waals surface area (Å²) in [6.45, 7) is 4.33. The number of nitrogens with one attached hydrogen (secondary N) is 2. The predicted octanol–water partition coefficient (Wildman–Crippen LogP) is 1.89. The van der Waals surface area contributed by atoms with Gasteiger partial charge >= 0.3 is 0 Å². The maximum absolute atomic E-state index is 12.9. The highest BCUT2D eigenvalue weighted by atomic mass is 32.2. The molecule has 0 spiro atoms. The summed E-state index contributed by atoms with van der Waals surface area (Å²) in [6.07, 6.45) is 0.869. The Bertz CT molecular complexity index is 882. The molecule has 10 heteroatoms. The van der Waals surface area contributed by atoms with E-state index in [1.165, 1.54) is 11.8 Å². The van der Waals surface area contributed by atoms with Gasteiger partial charge in [0, 0.05) is 37.8 Å². The lowest BCUT2D eigenvalue weighted by Crippen LogP contribution is -2.38. The summed E-state index contributed by atoms with van der Waals surface area (Å²) in [5, 5.41) is 23.3. The lowest BCUT2D eigenvalue weighted by atomic mass is 10.1. The summed E-state index contributed by atoms with van der Waals surface area (Å²) in [4.78, 5) is 28.8. The summed E-state index contributed by atoms with van der Waals surface area (Å²) < 4.78 is 5.76. The molecule has 0 aliphatic carbocycles. The van der Waals surface area contributed by atoms with Crippen molar-refractivity contribution in [3.05, 3.63) is 24.3 Å². The highest BCUT2D eigenvalue weighted by molar-refractivity contribution is 8.01. The first-order valence-corrected chi connectivity index (χ1v) is 12.0. The van der Waals surface area contributed by atoms with E-state index in [1.807, 2.05) is 57.4 Å². The van der Waals surface area contributed by atoms with Crippen LogP contribution in [0.15, 0.2) is 24.3 Å². The molecule has 1 saturated heterocycles. The van der Waals surface area contributed by atoms with Crippen LogP contribution in [-0.2, 0) is 9.59 Å². The monoisotopic (exact) mass is 472 g/mol. The van der Waals surface area contributed by atoms with E-state index in [9.17, 15) is 14.9 Å². The van der Waals surface area contributed by atoms with Crippen LogP contribution in [0.4, 0.5) is 5.69 Å². The topological polar surface area (TPSA) is 121 Å². The minimum Gasteiger partial charge on any atom is -0.492 e. The van der Waals surface area contributed by atoms with Gasteiger partial charge < -0.3 is 25.2 Å². The number of hydrogen-bond donors (Lipinski definition) is 2. The number of ether oxygens (including phenoxy) is 1. The molecule has 3 atom stereocenters. The van der Waals surface area contributed by atoms with Crippen molar-refractivity contribution >= 4 is 29.3 Å². The zero-order valence-corrected chi connectivity index (χ0v) is 20.2. The average Bonchev–Trinajstić information content (AvgIpc) is 3.09. The molecular formula is C23H32N6O3S. The Morgan fingerprint density at radius 2 is 2.15 bits per heavy atom. The van der Waals surface area contributed by atoms with Crippen LogP contribution in [0, 0.1) is 28.6 Å². The van der Waals surface area contributed by atoms with Crippen LogP contribution in [-0.4, -0.2) is 79.1 Å². The van der Waals surface area contributed by atoms with Crippen LogP contribution >= 0.6 is 11.8 Å². The van der Waals surface area contributed by atoms with Gasteiger partial charge in [0.1, 0.15) is 24.8 Å². The average molecular weight is 473 g/mol. The Hall–Kier alpha value is -2.95. The number of thioether (sulfide) groups is 1. The number of carbonyl (C=O) groups is 2. The van der Waals surface area contributed by atoms with Crippen molar-refractivity contribution < 1.29 is 14.3 Å². The van der Waals surface area contributed by atoms with Crippen LogP contribution in [0.1, 0.15) is 19.8 Å². The summed E-state index contributed by atoms with van der Waals surface area (Å²) in [7, 11) is 4.00. The van der Waals surface area contributed by atoms with Gasteiger partial charge in [0.2, 0.25) is 11.8 Å². The Morgan fingerprint density at radius 1 is 1.36 bits per heavy atom. The number of anilines is 1. The summed E-state index contributed by atoms with van der Waals surface area (Å²) in [5.41, 5.74) is 0.926. The number of amides is 2. The molecule has 2 N–H and O–H groups in total. The van der Waals surface area contributed by atoms with Gasteiger partial charge in [0.25, 0.3) is 0 Å². The van der Waals surface area contributed by atoms with Gasteiger partial charge in [-0.25, -0.2) is 0 Å². The second-order valence-electron chi connectivity index (χ2n) is 7.89. The van der Waals surface area contributed by atoms with Crippen molar-refractivity contribution in [2.75, 3.05) is 52.2 Å². The highest BCUT2D eigenvalue weighted by Crippen LogP contribution is 2.37. The number of hydrogen-bond acceptors (Lipinski definition) is 8. The predicted molar refractivity (Wildman–Crippen MR) is 128 cm³/mol. The van der Waals surface area contributed by atoms with Gasteiger partial charge in [-0.3, -0.25) is 9.59 Å². The SMILES string of the molecule is CCN1C(=O)C(CCNc2cccc(OCCN(C)C)c2)SC1CC(C#N)C(=O)NCC#N. The molecule has 0 aromatic heterocycles. The molecule has 178 valence electrons. The fourth-order valence-corrected chi connectivity index (χ4v) is 5.03. The smallest absolute Gasteiger partial charge is 0.238 e. The molecule has 0 saturated carbocycles. The van der Waals surface area contributed by atoms with E-state index in [0.717, 1.165) is 18.0 Å². The third kappa shape index (κ3) is 8.16. The van der Waals surface area contributed by atoms with Crippen LogP contribution in [0.2, 0.25) is 0 Å². The molecule has 1 aliphatic heterocycles. The zero-order valence-electron chi connectivity index (χ0n) is 19.4. The second kappa shape index (κ2) is 13.6. The Labute approximate surface area is 200 Å². The Morgan fingerprint density at radius 3 is 2.82 bits per heavy atom. The van der Waals surface area contributed by atoms with Gasteiger partial charge in [0.05, 0.1) is 22.8 Å². The highest BCUT2D eigenvalue weighted by Gasteiger charge is 2.40. The number of likely N-dealkylation sites (N-methyl/N-ethyl adjacent to an activating group) is 1. The van der Waals surface area contributed by atoms with Crippen LogP contribution in [0.25, 0.3) is 0 Å². The molecular weight excluding hydrogens is 440 g/mol. The molecule has 1 heterocycles. The number of carbonyl (C=O) groups excluding carboxylic acids is 2. The van der Waals surface area contributed by atoms with Crippen LogP contribution < -0.4 is 15.4 Å². The van der Waals surface area contributed by atoms with Gasteiger partial charge in [0.15, 0.2) is 0 Å². The molecule has 0 radical (unpaired) electrons. The van der Waals surface area contributed by atoms with Crippen molar-refractivity contribution in [3.8, 4) is 17.9 Å². The first-order valence-electron chi connectivity index (χ1n) is 11.0. The van der Waals surface area contributed by atoms with Crippen molar-refractivity contribution in [1.29, 1.82) is 10.5 Å². The number of nitriles is 2. The van der Waals surface area contributed by atoms with E-state index in [-0.39, 0.29) is 29.5 Å². The van der Waals surface area contributed by atoms with Crippen molar-refractivity contribution in [1.82, 2.24) is 15.1 Å². The maximum atomic E-state index is 12.9. The van der Waals surface area contributed by atoms with Gasteiger partial charge in [-0.1, -0.05) is 6.07 Å². The minimum absolute atomic E-state index is 0.0317. The molecule has 33 heavy (non-hydrogen) atoms.